The molecule has 6 heteroatoms. The Balaban J connectivity index is 4.48. The molecule has 0 aliphatic rings. The van der Waals surface area contributed by atoms with E-state index in [1.165, 1.54) is 167 Å². The van der Waals surface area contributed by atoms with E-state index in [-0.39, 0.29) is 37.5 Å². The molecule has 1 unspecified atom stereocenters. The highest BCUT2D eigenvalue weighted by Gasteiger charge is 2.19. The van der Waals surface area contributed by atoms with Crippen molar-refractivity contribution in [2.45, 2.75) is 297 Å². The quantitative estimate of drug-likeness (QED) is 0.0262. The normalized spacial score (nSPS) is 12.6. The van der Waals surface area contributed by atoms with Gasteiger partial charge < -0.3 is 14.2 Å². The summed E-state index contributed by atoms with van der Waals surface area (Å²) in [5.41, 5.74) is 0. The maximum absolute atomic E-state index is 12.8. The molecule has 0 rings (SSSR count). The first-order valence-corrected chi connectivity index (χ1v) is 29.4. The van der Waals surface area contributed by atoms with Crippen LogP contribution in [0.3, 0.4) is 0 Å². The average molecular weight is 964 g/mol. The topological polar surface area (TPSA) is 78.9 Å². The Kier molecular flexibility index (Phi) is 54.8. The van der Waals surface area contributed by atoms with E-state index in [1.54, 1.807) is 0 Å². The van der Waals surface area contributed by atoms with Crippen LogP contribution in [0.4, 0.5) is 0 Å². The van der Waals surface area contributed by atoms with Gasteiger partial charge in [-0.25, -0.2) is 0 Å². The van der Waals surface area contributed by atoms with E-state index in [4.69, 9.17) is 14.2 Å². The van der Waals surface area contributed by atoms with Crippen LogP contribution in [0.1, 0.15) is 290 Å². The number of ether oxygens (including phenoxy) is 3. The molecule has 0 aromatic rings. The molecule has 0 N–H and O–H groups in total. The molecule has 0 heterocycles. The number of hydrogen-bond acceptors (Lipinski definition) is 6. The molecule has 0 aromatic carbocycles. The fraction of sp³-hybridized carbons (Fsp3) is 0.762. The van der Waals surface area contributed by atoms with Gasteiger partial charge in [0.05, 0.1) is 0 Å². The third kappa shape index (κ3) is 55.6. The van der Waals surface area contributed by atoms with Gasteiger partial charge in [-0.05, 0) is 109 Å². The largest absolute Gasteiger partial charge is 0.462 e. The second-order valence-corrected chi connectivity index (χ2v) is 19.5. The van der Waals surface area contributed by atoms with Crippen molar-refractivity contribution in [1.29, 1.82) is 0 Å². The maximum Gasteiger partial charge on any atom is 0.306 e. The van der Waals surface area contributed by atoms with E-state index >= 15 is 0 Å². The molecule has 69 heavy (non-hydrogen) atoms. The zero-order valence-corrected chi connectivity index (χ0v) is 45.6. The molecule has 0 fully saturated rings. The maximum atomic E-state index is 12.8. The van der Waals surface area contributed by atoms with E-state index in [0.717, 1.165) is 77.0 Å². The second-order valence-electron chi connectivity index (χ2n) is 19.5. The number of rotatable bonds is 53. The summed E-state index contributed by atoms with van der Waals surface area (Å²) < 4.78 is 16.8. The number of carbonyl (C=O) groups excluding carboxylic acids is 3. The van der Waals surface area contributed by atoms with Crippen LogP contribution in [0, 0.1) is 0 Å². The summed E-state index contributed by atoms with van der Waals surface area (Å²) in [6.07, 6.45) is 73.3. The van der Waals surface area contributed by atoms with Crippen molar-refractivity contribution in [3.8, 4) is 0 Å². The van der Waals surface area contributed by atoms with Crippen LogP contribution in [0.25, 0.3) is 0 Å². The highest BCUT2D eigenvalue weighted by molar-refractivity contribution is 5.71. The standard InChI is InChI=1S/C63H110O6/c1-4-7-10-13-16-19-22-25-28-31-33-35-38-41-44-47-50-53-56-62(65)68-59-60(58-67-61(64)55-52-49-46-43-40-37-34-30-27-24-21-18-15-12-9-6-3)69-63(66)57-54-51-48-45-42-39-36-32-29-26-23-20-17-14-11-8-5-2/h17,20,26,29-30,33-36,39,45,48,60H,4-16,18-19,21-25,27-28,31-32,37-38,40-44,46-47,49-59H2,1-3H3/b20-17-,29-26-,34-30-,35-33-,39-36-,48-45-. The Morgan fingerprint density at radius 3 is 0.899 bits per heavy atom. The highest BCUT2D eigenvalue weighted by Crippen LogP contribution is 2.15. The molecule has 0 spiro atoms. The first-order valence-electron chi connectivity index (χ1n) is 29.4. The van der Waals surface area contributed by atoms with E-state index in [9.17, 15) is 14.4 Å². The van der Waals surface area contributed by atoms with E-state index < -0.39 is 6.10 Å². The molecule has 0 aromatic heterocycles. The van der Waals surface area contributed by atoms with Gasteiger partial charge in [0.25, 0.3) is 0 Å². The fourth-order valence-corrected chi connectivity index (χ4v) is 8.19. The number of hydrogen-bond donors (Lipinski definition) is 0. The van der Waals surface area contributed by atoms with Crippen molar-refractivity contribution in [1.82, 2.24) is 0 Å². The minimum absolute atomic E-state index is 0.103. The summed E-state index contributed by atoms with van der Waals surface area (Å²) in [5, 5.41) is 0. The van der Waals surface area contributed by atoms with Crippen LogP contribution in [0.2, 0.25) is 0 Å². The Morgan fingerprint density at radius 2 is 0.536 bits per heavy atom. The molecule has 0 bridgehead atoms. The minimum Gasteiger partial charge on any atom is -0.462 e. The van der Waals surface area contributed by atoms with Gasteiger partial charge in [-0.1, -0.05) is 235 Å². The lowest BCUT2D eigenvalue weighted by molar-refractivity contribution is -0.167. The summed E-state index contributed by atoms with van der Waals surface area (Å²) >= 11 is 0. The predicted molar refractivity (Wildman–Crippen MR) is 298 cm³/mol. The fourth-order valence-electron chi connectivity index (χ4n) is 8.19. The summed E-state index contributed by atoms with van der Waals surface area (Å²) in [6.45, 7) is 6.57. The van der Waals surface area contributed by atoms with Crippen molar-refractivity contribution >= 4 is 17.9 Å². The molecular formula is C63H110O6. The average Bonchev–Trinajstić information content (AvgIpc) is 3.35. The SMILES string of the molecule is CCCCC/C=C\C/C=C\C/C=C\C/C=C\CCCC(=O)OC(COC(=O)CCCCCCC/C=C\CCCCCCCCC)COC(=O)CCCCCCC/C=C\CCCCCCCCCCC. The second kappa shape index (κ2) is 57.4. The van der Waals surface area contributed by atoms with Crippen LogP contribution in [-0.2, 0) is 28.6 Å². The smallest absolute Gasteiger partial charge is 0.306 e. The minimum atomic E-state index is -0.811. The molecule has 1 atom stereocenters. The third-order valence-corrected chi connectivity index (χ3v) is 12.7. The molecule has 398 valence electrons. The molecule has 0 saturated heterocycles. The number of carbonyl (C=O) groups is 3. The molecule has 0 amide bonds. The van der Waals surface area contributed by atoms with Gasteiger partial charge in [0, 0.05) is 19.3 Å². The summed E-state index contributed by atoms with van der Waals surface area (Å²) in [6, 6.07) is 0. The Hall–Kier alpha value is -3.15. The predicted octanol–water partition coefficient (Wildman–Crippen LogP) is 19.8. The van der Waals surface area contributed by atoms with Crippen molar-refractivity contribution in [3.63, 3.8) is 0 Å². The van der Waals surface area contributed by atoms with Crippen LogP contribution in [0.5, 0.6) is 0 Å². The molecule has 0 saturated carbocycles. The first-order chi connectivity index (χ1) is 34.0. The van der Waals surface area contributed by atoms with Crippen molar-refractivity contribution < 1.29 is 28.6 Å². The molecular weight excluding hydrogens is 853 g/mol. The first kappa shape index (κ1) is 65.8. The van der Waals surface area contributed by atoms with Gasteiger partial charge in [-0.15, -0.1) is 0 Å². The lowest BCUT2D eigenvalue weighted by Gasteiger charge is -2.18. The van der Waals surface area contributed by atoms with Crippen LogP contribution in [-0.4, -0.2) is 37.2 Å². The van der Waals surface area contributed by atoms with Crippen LogP contribution in [0.15, 0.2) is 72.9 Å². The monoisotopic (exact) mass is 963 g/mol. The Labute approximate surface area is 427 Å². The summed E-state index contributed by atoms with van der Waals surface area (Å²) in [4.78, 5) is 38.2. The van der Waals surface area contributed by atoms with Gasteiger partial charge in [-0.2, -0.15) is 0 Å². The van der Waals surface area contributed by atoms with E-state index in [1.807, 2.05) is 0 Å². The van der Waals surface area contributed by atoms with Gasteiger partial charge in [0.1, 0.15) is 13.2 Å². The number of allylic oxidation sites excluding steroid dienone is 12. The van der Waals surface area contributed by atoms with Gasteiger partial charge in [0.2, 0.25) is 0 Å². The summed E-state index contributed by atoms with van der Waals surface area (Å²) in [5.74, 6) is -0.967. The lowest BCUT2D eigenvalue weighted by Crippen LogP contribution is -2.30. The van der Waals surface area contributed by atoms with Crippen molar-refractivity contribution in [3.05, 3.63) is 72.9 Å². The molecule has 0 radical (unpaired) electrons. The van der Waals surface area contributed by atoms with Crippen LogP contribution >= 0.6 is 0 Å². The number of unbranched alkanes of at least 4 members (excludes halogenated alkanes) is 30. The zero-order chi connectivity index (χ0) is 50.0. The van der Waals surface area contributed by atoms with Gasteiger partial charge in [-0.3, -0.25) is 14.4 Å². The van der Waals surface area contributed by atoms with Crippen LogP contribution < -0.4 is 0 Å². The lowest BCUT2D eigenvalue weighted by atomic mass is 10.1. The zero-order valence-electron chi connectivity index (χ0n) is 45.6. The molecule has 0 aliphatic heterocycles. The van der Waals surface area contributed by atoms with Gasteiger partial charge >= 0.3 is 17.9 Å². The highest BCUT2D eigenvalue weighted by atomic mass is 16.6. The Bertz CT molecular complexity index is 1290. The third-order valence-electron chi connectivity index (χ3n) is 12.7. The number of esters is 3. The Morgan fingerprint density at radius 1 is 0.290 bits per heavy atom. The molecule has 6 nitrogen and oxygen atoms in total. The van der Waals surface area contributed by atoms with Gasteiger partial charge in [0.15, 0.2) is 6.10 Å². The van der Waals surface area contributed by atoms with E-state index in [2.05, 4.69) is 93.7 Å². The summed E-state index contributed by atoms with van der Waals surface area (Å²) in [7, 11) is 0. The van der Waals surface area contributed by atoms with Crippen molar-refractivity contribution in [2.75, 3.05) is 13.2 Å². The molecule has 0 aliphatic carbocycles. The van der Waals surface area contributed by atoms with Crippen molar-refractivity contribution in [2.24, 2.45) is 0 Å². The van der Waals surface area contributed by atoms with E-state index in [0.29, 0.717) is 19.3 Å².